The van der Waals surface area contributed by atoms with Gasteiger partial charge in [-0.25, -0.2) is 9.97 Å². The minimum Gasteiger partial charge on any atom is -0.377 e. The maximum absolute atomic E-state index is 11.8. The van der Waals surface area contributed by atoms with Crippen LogP contribution in [-0.2, 0) is 9.53 Å². The van der Waals surface area contributed by atoms with Gasteiger partial charge in [0.05, 0.1) is 13.2 Å². The number of carbonyl (C=O) groups is 1. The minimum atomic E-state index is -0.466. The van der Waals surface area contributed by atoms with Crippen molar-refractivity contribution < 1.29 is 9.53 Å². The van der Waals surface area contributed by atoms with E-state index in [2.05, 4.69) is 15.3 Å². The molecule has 1 N–H and O–H groups in total. The Morgan fingerprint density at radius 1 is 1.63 bits per heavy atom. The number of ether oxygens (including phenoxy) is 1. The summed E-state index contributed by atoms with van der Waals surface area (Å²) in [5.74, 6) is 0.247. The maximum atomic E-state index is 11.8. The fourth-order valence-electron chi connectivity index (χ4n) is 1.97. The first-order valence-electron chi connectivity index (χ1n) is 5.97. The molecule has 1 aliphatic rings. The minimum absolute atomic E-state index is 0.150. The molecule has 19 heavy (non-hydrogen) atoms. The molecule has 0 aliphatic carbocycles. The molecular formula is C12H15N5O2. The summed E-state index contributed by atoms with van der Waals surface area (Å²) in [4.78, 5) is 22.1. The summed E-state index contributed by atoms with van der Waals surface area (Å²) >= 11 is 0. The maximum Gasteiger partial charge on any atom is 0.244 e. The summed E-state index contributed by atoms with van der Waals surface area (Å²) in [5, 5.41) is 11.5. The van der Waals surface area contributed by atoms with Gasteiger partial charge in [-0.3, -0.25) is 4.79 Å². The van der Waals surface area contributed by atoms with Gasteiger partial charge in [-0.05, 0) is 13.0 Å². The quantitative estimate of drug-likeness (QED) is 0.779. The highest BCUT2D eigenvalue weighted by molar-refractivity contribution is 5.84. The topological polar surface area (TPSA) is 91.1 Å². The van der Waals surface area contributed by atoms with Crippen LogP contribution in [0.25, 0.3) is 0 Å². The number of likely N-dealkylation sites (N-methyl/N-ethyl adjacent to an activating group) is 1. The normalized spacial score (nSPS) is 18.8. The molecule has 1 aromatic heterocycles. The molecule has 7 heteroatoms. The van der Waals surface area contributed by atoms with Gasteiger partial charge in [-0.1, -0.05) is 0 Å². The van der Waals surface area contributed by atoms with Crippen molar-refractivity contribution in [1.82, 2.24) is 15.3 Å². The van der Waals surface area contributed by atoms with Gasteiger partial charge in [0, 0.05) is 19.3 Å². The predicted octanol–water partition coefficient (Wildman–Crippen LogP) is -0.392. The summed E-state index contributed by atoms with van der Waals surface area (Å²) in [6.07, 6.45) is 0. The van der Waals surface area contributed by atoms with Crippen LogP contribution in [0.1, 0.15) is 11.4 Å². The predicted molar refractivity (Wildman–Crippen MR) is 67.5 cm³/mol. The van der Waals surface area contributed by atoms with E-state index < -0.39 is 6.04 Å². The molecule has 1 aromatic rings. The summed E-state index contributed by atoms with van der Waals surface area (Å²) in [6.45, 7) is 3.11. The van der Waals surface area contributed by atoms with Gasteiger partial charge in [-0.15, -0.1) is 0 Å². The monoisotopic (exact) mass is 261 g/mol. The summed E-state index contributed by atoms with van der Waals surface area (Å²) in [7, 11) is 1.58. The van der Waals surface area contributed by atoms with Crippen LogP contribution < -0.4 is 10.2 Å². The summed E-state index contributed by atoms with van der Waals surface area (Å²) in [5.41, 5.74) is 0.994. The van der Waals surface area contributed by atoms with E-state index in [4.69, 9.17) is 10.00 Å². The van der Waals surface area contributed by atoms with E-state index in [0.29, 0.717) is 37.1 Å². The Labute approximate surface area is 111 Å². The second-order valence-electron chi connectivity index (χ2n) is 4.20. The van der Waals surface area contributed by atoms with Crippen molar-refractivity contribution in [3.05, 3.63) is 17.5 Å². The molecule has 0 spiro atoms. The number of rotatable bonds is 2. The number of aromatic nitrogens is 2. The molecule has 1 fully saturated rings. The number of hydrogen-bond donors (Lipinski definition) is 1. The number of nitriles is 1. The van der Waals surface area contributed by atoms with Crippen molar-refractivity contribution in [3.8, 4) is 6.07 Å². The molecule has 0 radical (unpaired) electrons. The van der Waals surface area contributed by atoms with Crippen LogP contribution in [-0.4, -0.2) is 48.7 Å². The number of morpholine rings is 1. The second kappa shape index (κ2) is 5.63. The Kier molecular flexibility index (Phi) is 3.92. The van der Waals surface area contributed by atoms with Gasteiger partial charge in [0.1, 0.15) is 17.8 Å². The lowest BCUT2D eigenvalue weighted by molar-refractivity contribution is -0.124. The smallest absolute Gasteiger partial charge is 0.244 e. The number of anilines is 1. The van der Waals surface area contributed by atoms with Crippen molar-refractivity contribution in [1.29, 1.82) is 5.26 Å². The Morgan fingerprint density at radius 2 is 2.42 bits per heavy atom. The number of nitrogens with one attached hydrogen (secondary N) is 1. The number of amides is 1. The van der Waals surface area contributed by atoms with E-state index in [9.17, 15) is 4.79 Å². The third kappa shape index (κ3) is 2.80. The third-order valence-corrected chi connectivity index (χ3v) is 2.89. The first-order valence-corrected chi connectivity index (χ1v) is 5.97. The highest BCUT2D eigenvalue weighted by atomic mass is 16.5. The highest BCUT2D eigenvalue weighted by Gasteiger charge is 2.30. The van der Waals surface area contributed by atoms with Gasteiger partial charge < -0.3 is 15.0 Å². The van der Waals surface area contributed by atoms with E-state index in [1.807, 2.05) is 6.07 Å². The average Bonchev–Trinajstić information content (AvgIpc) is 2.45. The molecule has 1 saturated heterocycles. The van der Waals surface area contributed by atoms with E-state index in [0.717, 1.165) is 0 Å². The van der Waals surface area contributed by atoms with Gasteiger partial charge in [0.25, 0.3) is 0 Å². The lowest BCUT2D eigenvalue weighted by Crippen LogP contribution is -2.54. The molecule has 1 amide bonds. The molecule has 7 nitrogen and oxygen atoms in total. The summed E-state index contributed by atoms with van der Waals surface area (Å²) in [6, 6.07) is 3.14. The van der Waals surface area contributed by atoms with Gasteiger partial charge >= 0.3 is 0 Å². The average molecular weight is 261 g/mol. The Morgan fingerprint density at radius 3 is 3.11 bits per heavy atom. The molecule has 1 atom stereocenters. The molecule has 2 rings (SSSR count). The van der Waals surface area contributed by atoms with E-state index in [1.54, 1.807) is 24.9 Å². The fraction of sp³-hybridized carbons (Fsp3) is 0.500. The van der Waals surface area contributed by atoms with Crippen molar-refractivity contribution in [2.75, 3.05) is 31.7 Å². The Balaban J connectivity index is 2.35. The van der Waals surface area contributed by atoms with Crippen molar-refractivity contribution in [2.24, 2.45) is 0 Å². The SMILES string of the molecule is CNC(=O)C1COCCN1c1nc(C)cc(C#N)n1. The molecule has 100 valence electrons. The summed E-state index contributed by atoms with van der Waals surface area (Å²) < 4.78 is 5.32. The van der Waals surface area contributed by atoms with Gasteiger partial charge in [-0.2, -0.15) is 5.26 Å². The number of nitrogens with zero attached hydrogens (tertiary/aromatic N) is 4. The van der Waals surface area contributed by atoms with E-state index in [-0.39, 0.29) is 5.91 Å². The van der Waals surface area contributed by atoms with Crippen molar-refractivity contribution in [2.45, 2.75) is 13.0 Å². The largest absolute Gasteiger partial charge is 0.377 e. The van der Waals surface area contributed by atoms with Crippen LogP contribution in [0.5, 0.6) is 0 Å². The zero-order valence-electron chi connectivity index (χ0n) is 10.9. The van der Waals surface area contributed by atoms with Crippen LogP contribution in [0.15, 0.2) is 6.07 Å². The first kappa shape index (κ1) is 13.2. The lowest BCUT2D eigenvalue weighted by Gasteiger charge is -2.34. The molecule has 1 aliphatic heterocycles. The Hall–Kier alpha value is -2.20. The molecule has 0 bridgehead atoms. The highest BCUT2D eigenvalue weighted by Crippen LogP contribution is 2.16. The number of carbonyl (C=O) groups excluding carboxylic acids is 1. The lowest BCUT2D eigenvalue weighted by atomic mass is 10.2. The number of aryl methyl sites for hydroxylation is 1. The van der Waals surface area contributed by atoms with E-state index >= 15 is 0 Å². The first-order chi connectivity index (χ1) is 9.15. The zero-order valence-corrected chi connectivity index (χ0v) is 10.9. The van der Waals surface area contributed by atoms with Gasteiger partial charge in [0.15, 0.2) is 0 Å². The van der Waals surface area contributed by atoms with Crippen molar-refractivity contribution in [3.63, 3.8) is 0 Å². The molecular weight excluding hydrogens is 246 g/mol. The van der Waals surface area contributed by atoms with Crippen LogP contribution in [0.2, 0.25) is 0 Å². The van der Waals surface area contributed by atoms with Gasteiger partial charge in [0.2, 0.25) is 11.9 Å². The van der Waals surface area contributed by atoms with Crippen molar-refractivity contribution >= 4 is 11.9 Å². The third-order valence-electron chi connectivity index (χ3n) is 2.89. The van der Waals surface area contributed by atoms with Crippen LogP contribution in [0, 0.1) is 18.3 Å². The van der Waals surface area contributed by atoms with Crippen LogP contribution in [0.3, 0.4) is 0 Å². The van der Waals surface area contributed by atoms with E-state index in [1.165, 1.54) is 0 Å². The molecule has 1 unspecified atom stereocenters. The fourth-order valence-corrected chi connectivity index (χ4v) is 1.97. The van der Waals surface area contributed by atoms with Crippen LogP contribution >= 0.6 is 0 Å². The van der Waals surface area contributed by atoms with Crippen LogP contribution in [0.4, 0.5) is 5.95 Å². The second-order valence-corrected chi connectivity index (χ2v) is 4.20. The molecule has 2 heterocycles. The Bertz CT molecular complexity index is 525. The number of hydrogen-bond acceptors (Lipinski definition) is 6. The zero-order chi connectivity index (χ0) is 13.8. The molecule has 0 aromatic carbocycles. The standard InChI is InChI=1S/C12H15N5O2/c1-8-5-9(6-13)16-12(15-8)17-3-4-19-7-10(17)11(18)14-2/h5,10H,3-4,7H2,1-2H3,(H,14,18). The molecule has 0 saturated carbocycles.